The monoisotopic (exact) mass is 395 g/mol. The molecule has 1 aliphatic rings. The average Bonchev–Trinajstić information content (AvgIpc) is 2.74. The molecule has 156 valence electrons. The number of carbonyl (C=O) groups excluding carboxylic acids is 1. The second-order valence-corrected chi connectivity index (χ2v) is 8.09. The van der Waals surface area contributed by atoms with Crippen molar-refractivity contribution in [2.45, 2.75) is 39.2 Å². The van der Waals surface area contributed by atoms with Crippen molar-refractivity contribution in [2.75, 3.05) is 43.5 Å². The van der Waals surface area contributed by atoms with Crippen LogP contribution in [0.15, 0.2) is 48.5 Å². The summed E-state index contributed by atoms with van der Waals surface area (Å²) in [7, 11) is 1.66. The van der Waals surface area contributed by atoms with Gasteiger partial charge in [-0.05, 0) is 61.7 Å². The van der Waals surface area contributed by atoms with E-state index in [9.17, 15) is 4.79 Å². The zero-order valence-electron chi connectivity index (χ0n) is 18.0. The molecular weight excluding hydrogens is 362 g/mol. The summed E-state index contributed by atoms with van der Waals surface area (Å²) < 4.78 is 5.19. The number of hydrogen-bond donors (Lipinski definition) is 1. The van der Waals surface area contributed by atoms with Gasteiger partial charge < -0.3 is 15.0 Å². The molecule has 0 radical (unpaired) electrons. The number of benzene rings is 2. The first kappa shape index (κ1) is 21.2. The first-order chi connectivity index (χ1) is 14.0. The second-order valence-electron chi connectivity index (χ2n) is 8.09. The van der Waals surface area contributed by atoms with Crippen LogP contribution in [0.1, 0.15) is 38.7 Å². The SMILES string of the molecule is COc1ccc(C(C)CC(=O)Nc2ccc(N3CCN(C(C)C)CC3)cc2)cc1. The topological polar surface area (TPSA) is 44.8 Å². The van der Waals surface area contributed by atoms with Gasteiger partial charge in [0.2, 0.25) is 5.91 Å². The van der Waals surface area contributed by atoms with Gasteiger partial charge in [-0.1, -0.05) is 19.1 Å². The Morgan fingerprint density at radius 1 is 0.966 bits per heavy atom. The molecule has 0 spiro atoms. The molecule has 3 rings (SSSR count). The molecule has 1 amide bonds. The molecule has 1 unspecified atom stereocenters. The predicted molar refractivity (Wildman–Crippen MR) is 120 cm³/mol. The summed E-state index contributed by atoms with van der Waals surface area (Å²) in [5, 5.41) is 3.03. The molecule has 5 nitrogen and oxygen atoms in total. The van der Waals surface area contributed by atoms with E-state index < -0.39 is 0 Å². The summed E-state index contributed by atoms with van der Waals surface area (Å²) in [5.41, 5.74) is 3.20. The maximum atomic E-state index is 12.5. The van der Waals surface area contributed by atoms with E-state index in [1.165, 1.54) is 5.69 Å². The minimum absolute atomic E-state index is 0.0339. The van der Waals surface area contributed by atoms with Crippen LogP contribution >= 0.6 is 0 Å². The van der Waals surface area contributed by atoms with Gasteiger partial charge in [0, 0.05) is 50.0 Å². The minimum Gasteiger partial charge on any atom is -0.497 e. The Labute approximate surface area is 174 Å². The molecule has 1 saturated heterocycles. The minimum atomic E-state index is 0.0339. The van der Waals surface area contributed by atoms with Crippen LogP contribution in [-0.2, 0) is 4.79 Å². The van der Waals surface area contributed by atoms with E-state index in [1.54, 1.807) is 7.11 Å². The van der Waals surface area contributed by atoms with Crippen LogP contribution in [0, 0.1) is 0 Å². The van der Waals surface area contributed by atoms with Crippen molar-refractivity contribution in [3.05, 3.63) is 54.1 Å². The number of carbonyl (C=O) groups is 1. The van der Waals surface area contributed by atoms with E-state index in [0.717, 1.165) is 43.2 Å². The van der Waals surface area contributed by atoms with Crippen molar-refractivity contribution in [1.29, 1.82) is 0 Å². The number of piperazine rings is 1. The third kappa shape index (κ3) is 5.73. The lowest BCUT2D eigenvalue weighted by Crippen LogP contribution is -2.48. The summed E-state index contributed by atoms with van der Waals surface area (Å²) in [6.45, 7) is 10.9. The van der Waals surface area contributed by atoms with Crippen LogP contribution in [0.4, 0.5) is 11.4 Å². The largest absolute Gasteiger partial charge is 0.497 e. The Morgan fingerprint density at radius 3 is 2.14 bits per heavy atom. The number of anilines is 2. The van der Waals surface area contributed by atoms with E-state index in [4.69, 9.17) is 4.74 Å². The highest BCUT2D eigenvalue weighted by atomic mass is 16.5. The number of rotatable bonds is 7. The molecule has 1 N–H and O–H groups in total. The Bertz CT molecular complexity index is 779. The van der Waals surface area contributed by atoms with Crippen LogP contribution < -0.4 is 15.0 Å². The molecule has 1 heterocycles. The normalized spacial score (nSPS) is 16.0. The fourth-order valence-corrected chi connectivity index (χ4v) is 3.79. The van der Waals surface area contributed by atoms with Gasteiger partial charge in [-0.2, -0.15) is 0 Å². The highest BCUT2D eigenvalue weighted by Crippen LogP contribution is 2.24. The van der Waals surface area contributed by atoms with Gasteiger partial charge in [0.1, 0.15) is 5.75 Å². The molecule has 0 aromatic heterocycles. The van der Waals surface area contributed by atoms with Gasteiger partial charge in [-0.15, -0.1) is 0 Å². The van der Waals surface area contributed by atoms with Crippen molar-refractivity contribution in [2.24, 2.45) is 0 Å². The maximum absolute atomic E-state index is 12.5. The van der Waals surface area contributed by atoms with Crippen molar-refractivity contribution < 1.29 is 9.53 Å². The number of amides is 1. The molecule has 0 saturated carbocycles. The third-order valence-electron chi connectivity index (χ3n) is 5.74. The maximum Gasteiger partial charge on any atom is 0.224 e. The fraction of sp³-hybridized carbons (Fsp3) is 0.458. The van der Waals surface area contributed by atoms with E-state index in [1.807, 2.05) is 36.4 Å². The lowest BCUT2D eigenvalue weighted by molar-refractivity contribution is -0.116. The number of nitrogens with one attached hydrogen (secondary N) is 1. The van der Waals surface area contributed by atoms with Crippen molar-refractivity contribution in [3.63, 3.8) is 0 Å². The highest BCUT2D eigenvalue weighted by molar-refractivity contribution is 5.91. The summed E-state index contributed by atoms with van der Waals surface area (Å²) in [6, 6.07) is 16.7. The predicted octanol–water partition coefficient (Wildman–Crippen LogP) is 4.36. The quantitative estimate of drug-likeness (QED) is 0.757. The fourth-order valence-electron chi connectivity index (χ4n) is 3.79. The van der Waals surface area contributed by atoms with Crippen molar-refractivity contribution in [3.8, 4) is 5.75 Å². The van der Waals surface area contributed by atoms with E-state index in [0.29, 0.717) is 12.5 Å². The standard InChI is InChI=1S/C24H33N3O2/c1-18(2)26-13-15-27(16-14-26)22-9-7-21(8-10-22)25-24(28)17-19(3)20-5-11-23(29-4)12-6-20/h5-12,18-19H,13-17H2,1-4H3,(H,25,28). The van der Waals surface area contributed by atoms with Crippen LogP contribution in [-0.4, -0.2) is 50.1 Å². The zero-order valence-corrected chi connectivity index (χ0v) is 18.0. The van der Waals surface area contributed by atoms with Gasteiger partial charge in [-0.3, -0.25) is 9.69 Å². The molecule has 5 heteroatoms. The van der Waals surface area contributed by atoms with E-state index in [2.05, 4.69) is 48.0 Å². The Balaban J connectivity index is 1.50. The molecule has 0 bridgehead atoms. The first-order valence-corrected chi connectivity index (χ1v) is 10.5. The molecular formula is C24H33N3O2. The van der Waals surface area contributed by atoms with Crippen LogP contribution in [0.3, 0.4) is 0 Å². The van der Waals surface area contributed by atoms with Crippen molar-refractivity contribution >= 4 is 17.3 Å². The van der Waals surface area contributed by atoms with Gasteiger partial charge >= 0.3 is 0 Å². The number of nitrogens with zero attached hydrogens (tertiary/aromatic N) is 2. The van der Waals surface area contributed by atoms with Gasteiger partial charge in [0.25, 0.3) is 0 Å². The number of ether oxygens (including phenoxy) is 1. The summed E-state index contributed by atoms with van der Waals surface area (Å²) in [4.78, 5) is 17.4. The molecule has 1 atom stereocenters. The Hall–Kier alpha value is -2.53. The summed E-state index contributed by atoms with van der Waals surface area (Å²) in [5.74, 6) is 1.01. The number of methoxy groups -OCH3 is 1. The lowest BCUT2D eigenvalue weighted by atomic mass is 9.97. The molecule has 0 aliphatic carbocycles. The van der Waals surface area contributed by atoms with Crippen LogP contribution in [0.25, 0.3) is 0 Å². The Morgan fingerprint density at radius 2 is 1.59 bits per heavy atom. The van der Waals surface area contributed by atoms with Crippen LogP contribution in [0.2, 0.25) is 0 Å². The third-order valence-corrected chi connectivity index (χ3v) is 5.74. The second kappa shape index (κ2) is 9.79. The van der Waals surface area contributed by atoms with E-state index in [-0.39, 0.29) is 11.8 Å². The molecule has 29 heavy (non-hydrogen) atoms. The lowest BCUT2D eigenvalue weighted by Gasteiger charge is -2.38. The van der Waals surface area contributed by atoms with Gasteiger partial charge in [-0.25, -0.2) is 0 Å². The average molecular weight is 396 g/mol. The zero-order chi connectivity index (χ0) is 20.8. The molecule has 2 aromatic carbocycles. The van der Waals surface area contributed by atoms with Gasteiger partial charge in [0.15, 0.2) is 0 Å². The van der Waals surface area contributed by atoms with Gasteiger partial charge in [0.05, 0.1) is 7.11 Å². The summed E-state index contributed by atoms with van der Waals surface area (Å²) >= 11 is 0. The molecule has 2 aromatic rings. The number of hydrogen-bond acceptors (Lipinski definition) is 4. The van der Waals surface area contributed by atoms with Crippen LogP contribution in [0.5, 0.6) is 5.75 Å². The van der Waals surface area contributed by atoms with E-state index >= 15 is 0 Å². The molecule has 1 aliphatic heterocycles. The highest BCUT2D eigenvalue weighted by Gasteiger charge is 2.19. The smallest absolute Gasteiger partial charge is 0.224 e. The first-order valence-electron chi connectivity index (χ1n) is 10.5. The summed E-state index contributed by atoms with van der Waals surface area (Å²) in [6.07, 6.45) is 0.450. The Kier molecular flexibility index (Phi) is 7.15. The van der Waals surface area contributed by atoms with Crippen molar-refractivity contribution in [1.82, 2.24) is 4.90 Å². The molecule has 1 fully saturated rings.